The lowest BCUT2D eigenvalue weighted by Crippen LogP contribution is -2.36. The summed E-state index contributed by atoms with van der Waals surface area (Å²) in [7, 11) is 0. The number of hydrogen-bond acceptors (Lipinski definition) is 3. The maximum atomic E-state index is 10.2. The summed E-state index contributed by atoms with van der Waals surface area (Å²) >= 11 is 0. The van der Waals surface area contributed by atoms with Gasteiger partial charge in [-0.25, -0.2) is 0 Å². The fourth-order valence-electron chi connectivity index (χ4n) is 3.50. The lowest BCUT2D eigenvalue weighted by Gasteiger charge is -2.40. The molecule has 0 amide bonds. The Labute approximate surface area is 124 Å². The Morgan fingerprint density at radius 2 is 1.29 bits per heavy atom. The Kier molecular flexibility index (Phi) is 3.60. The number of phenols is 2. The van der Waals surface area contributed by atoms with Crippen LogP contribution in [0.2, 0.25) is 0 Å². The van der Waals surface area contributed by atoms with Gasteiger partial charge in [-0.1, -0.05) is 24.3 Å². The molecule has 1 saturated carbocycles. The summed E-state index contributed by atoms with van der Waals surface area (Å²) < 4.78 is 0. The summed E-state index contributed by atoms with van der Waals surface area (Å²) in [6.45, 7) is 0. The molecule has 3 N–H and O–H groups in total. The van der Waals surface area contributed by atoms with E-state index in [0.717, 1.165) is 30.4 Å². The van der Waals surface area contributed by atoms with E-state index < -0.39 is 0 Å². The van der Waals surface area contributed by atoms with E-state index in [2.05, 4.69) is 0 Å². The molecule has 1 aliphatic carbocycles. The van der Waals surface area contributed by atoms with Crippen LogP contribution in [0.15, 0.2) is 48.5 Å². The Balaban J connectivity index is 2.10. The van der Waals surface area contributed by atoms with Crippen molar-refractivity contribution in [2.24, 2.45) is 0 Å². The first-order chi connectivity index (χ1) is 10.1. The molecule has 3 nitrogen and oxygen atoms in total. The summed E-state index contributed by atoms with van der Waals surface area (Å²) in [5, 5.41) is 29.2. The standard InChI is InChI=1S/C18H20O3/c19-15-7-3-13(4-8-15)18(11-1-2-17(21)12-18)14-5-9-16(20)10-6-14/h3-10,17,19-21H,1-2,11-12H2. The number of aliphatic hydroxyl groups is 1. The van der Waals surface area contributed by atoms with Crippen LogP contribution in [0, 0.1) is 0 Å². The first kappa shape index (κ1) is 14.0. The van der Waals surface area contributed by atoms with E-state index in [9.17, 15) is 15.3 Å². The molecule has 2 aromatic carbocycles. The van der Waals surface area contributed by atoms with Gasteiger partial charge in [-0.05, 0) is 61.1 Å². The predicted octanol–water partition coefficient (Wildman–Crippen LogP) is 3.32. The van der Waals surface area contributed by atoms with Crippen molar-refractivity contribution in [1.82, 2.24) is 0 Å². The fourth-order valence-corrected chi connectivity index (χ4v) is 3.50. The molecule has 1 fully saturated rings. The molecule has 110 valence electrons. The number of aliphatic hydroxyl groups excluding tert-OH is 1. The quantitative estimate of drug-likeness (QED) is 0.793. The molecule has 1 unspecified atom stereocenters. The monoisotopic (exact) mass is 284 g/mol. The van der Waals surface area contributed by atoms with Gasteiger partial charge in [0.2, 0.25) is 0 Å². The average molecular weight is 284 g/mol. The van der Waals surface area contributed by atoms with Crippen molar-refractivity contribution in [2.45, 2.75) is 37.2 Å². The number of phenolic OH excluding ortho intramolecular Hbond substituents is 2. The SMILES string of the molecule is Oc1ccc(C2(c3ccc(O)cc3)CCCC(O)C2)cc1. The van der Waals surface area contributed by atoms with E-state index in [-0.39, 0.29) is 23.0 Å². The maximum Gasteiger partial charge on any atom is 0.115 e. The van der Waals surface area contributed by atoms with Gasteiger partial charge >= 0.3 is 0 Å². The molecule has 1 aliphatic rings. The minimum atomic E-state index is -0.318. The highest BCUT2D eigenvalue weighted by Crippen LogP contribution is 2.45. The van der Waals surface area contributed by atoms with Gasteiger partial charge in [0.05, 0.1) is 6.10 Å². The van der Waals surface area contributed by atoms with Crippen LogP contribution in [-0.4, -0.2) is 21.4 Å². The van der Waals surface area contributed by atoms with Crippen molar-refractivity contribution in [3.63, 3.8) is 0 Å². The highest BCUT2D eigenvalue weighted by atomic mass is 16.3. The third-order valence-electron chi connectivity index (χ3n) is 4.56. The van der Waals surface area contributed by atoms with Crippen LogP contribution in [0.5, 0.6) is 11.5 Å². The van der Waals surface area contributed by atoms with E-state index >= 15 is 0 Å². The Bertz CT molecular complexity index is 556. The molecule has 0 bridgehead atoms. The second kappa shape index (κ2) is 5.41. The summed E-state index contributed by atoms with van der Waals surface area (Å²) in [5.41, 5.74) is 1.95. The van der Waals surface area contributed by atoms with Crippen molar-refractivity contribution in [1.29, 1.82) is 0 Å². The molecule has 0 spiro atoms. The van der Waals surface area contributed by atoms with E-state index in [1.54, 1.807) is 24.3 Å². The first-order valence-electron chi connectivity index (χ1n) is 7.37. The number of benzene rings is 2. The molecule has 21 heavy (non-hydrogen) atoms. The zero-order chi connectivity index (χ0) is 14.9. The van der Waals surface area contributed by atoms with Crippen molar-refractivity contribution < 1.29 is 15.3 Å². The Hall–Kier alpha value is -2.00. The van der Waals surface area contributed by atoms with E-state index in [4.69, 9.17) is 0 Å². The topological polar surface area (TPSA) is 60.7 Å². The van der Waals surface area contributed by atoms with Gasteiger partial charge in [-0.15, -0.1) is 0 Å². The number of rotatable bonds is 2. The van der Waals surface area contributed by atoms with Gasteiger partial charge in [0.1, 0.15) is 11.5 Å². The lowest BCUT2D eigenvalue weighted by molar-refractivity contribution is 0.0977. The van der Waals surface area contributed by atoms with Crippen LogP contribution in [0.4, 0.5) is 0 Å². The van der Waals surface area contributed by atoms with Gasteiger partial charge in [0.15, 0.2) is 0 Å². The first-order valence-corrected chi connectivity index (χ1v) is 7.37. The molecular weight excluding hydrogens is 264 g/mol. The third kappa shape index (κ3) is 2.61. The highest BCUT2D eigenvalue weighted by molar-refractivity contribution is 5.43. The smallest absolute Gasteiger partial charge is 0.115 e. The molecular formula is C18H20O3. The predicted molar refractivity (Wildman–Crippen MR) is 81.5 cm³/mol. The maximum absolute atomic E-state index is 10.2. The summed E-state index contributed by atoms with van der Waals surface area (Å²) in [6.07, 6.45) is 3.10. The van der Waals surface area contributed by atoms with E-state index in [0.29, 0.717) is 6.42 Å². The van der Waals surface area contributed by atoms with E-state index in [1.807, 2.05) is 24.3 Å². The van der Waals surface area contributed by atoms with Gasteiger partial charge in [0, 0.05) is 5.41 Å². The molecule has 0 saturated heterocycles. The van der Waals surface area contributed by atoms with Crippen LogP contribution in [0.3, 0.4) is 0 Å². The minimum absolute atomic E-state index is 0.246. The van der Waals surface area contributed by atoms with Crippen LogP contribution < -0.4 is 0 Å². The molecule has 3 heteroatoms. The highest BCUT2D eigenvalue weighted by Gasteiger charge is 2.38. The minimum Gasteiger partial charge on any atom is -0.508 e. The van der Waals surface area contributed by atoms with Gasteiger partial charge in [-0.2, -0.15) is 0 Å². The molecule has 3 rings (SSSR count). The number of hydrogen-bond donors (Lipinski definition) is 3. The summed E-state index contributed by atoms with van der Waals surface area (Å²) in [5.74, 6) is 0.493. The van der Waals surface area contributed by atoms with Gasteiger partial charge < -0.3 is 15.3 Å². The summed E-state index contributed by atoms with van der Waals surface area (Å²) in [6, 6.07) is 14.5. The zero-order valence-corrected chi connectivity index (χ0v) is 11.9. The average Bonchev–Trinajstić information content (AvgIpc) is 2.48. The molecule has 0 aliphatic heterocycles. The Morgan fingerprint density at radius 3 is 1.71 bits per heavy atom. The van der Waals surface area contributed by atoms with Crippen LogP contribution in [0.25, 0.3) is 0 Å². The normalized spacial score (nSPS) is 21.1. The second-order valence-electron chi connectivity index (χ2n) is 5.93. The lowest BCUT2D eigenvalue weighted by atomic mass is 9.64. The Morgan fingerprint density at radius 1 is 0.810 bits per heavy atom. The van der Waals surface area contributed by atoms with Crippen molar-refractivity contribution >= 4 is 0 Å². The van der Waals surface area contributed by atoms with E-state index in [1.165, 1.54) is 0 Å². The molecule has 0 aromatic heterocycles. The van der Waals surface area contributed by atoms with Crippen LogP contribution in [0.1, 0.15) is 36.8 Å². The van der Waals surface area contributed by atoms with Crippen molar-refractivity contribution in [3.05, 3.63) is 59.7 Å². The van der Waals surface area contributed by atoms with Gasteiger partial charge in [0.25, 0.3) is 0 Å². The summed E-state index contributed by atoms with van der Waals surface area (Å²) in [4.78, 5) is 0. The third-order valence-corrected chi connectivity index (χ3v) is 4.56. The fraction of sp³-hybridized carbons (Fsp3) is 0.333. The van der Waals surface area contributed by atoms with Crippen molar-refractivity contribution in [3.8, 4) is 11.5 Å². The van der Waals surface area contributed by atoms with Crippen LogP contribution in [-0.2, 0) is 5.41 Å². The molecule has 0 radical (unpaired) electrons. The number of aromatic hydroxyl groups is 2. The molecule has 1 atom stereocenters. The second-order valence-corrected chi connectivity index (χ2v) is 5.93. The van der Waals surface area contributed by atoms with Gasteiger partial charge in [-0.3, -0.25) is 0 Å². The largest absolute Gasteiger partial charge is 0.508 e. The zero-order valence-electron chi connectivity index (χ0n) is 11.9. The molecule has 2 aromatic rings. The van der Waals surface area contributed by atoms with Crippen LogP contribution >= 0.6 is 0 Å². The molecule has 0 heterocycles. The van der Waals surface area contributed by atoms with Crippen molar-refractivity contribution in [2.75, 3.05) is 0 Å².